The summed E-state index contributed by atoms with van der Waals surface area (Å²) >= 11 is 2.03. The second-order valence-corrected chi connectivity index (χ2v) is 5.73. The molecular formula is C15H11F2IN2O. The molecule has 2 aromatic carbocycles. The van der Waals surface area contributed by atoms with Crippen LogP contribution in [0, 0.1) is 15.2 Å². The first-order chi connectivity index (χ1) is 10.1. The summed E-state index contributed by atoms with van der Waals surface area (Å²) in [6.45, 7) is 0. The van der Waals surface area contributed by atoms with Gasteiger partial charge >= 0.3 is 0 Å². The zero-order chi connectivity index (χ0) is 15.0. The fourth-order valence-electron chi connectivity index (χ4n) is 2.25. The monoisotopic (exact) mass is 400 g/mol. The molecule has 1 unspecified atom stereocenters. The highest BCUT2D eigenvalue weighted by Gasteiger charge is 2.20. The Hall–Kier alpha value is -1.51. The van der Waals surface area contributed by atoms with Gasteiger partial charge in [0.2, 0.25) is 0 Å². The molecule has 108 valence electrons. The third-order valence-electron chi connectivity index (χ3n) is 3.24. The molecule has 3 rings (SSSR count). The Kier molecular flexibility index (Phi) is 3.92. The third kappa shape index (κ3) is 2.66. The van der Waals surface area contributed by atoms with Crippen molar-refractivity contribution < 1.29 is 13.2 Å². The summed E-state index contributed by atoms with van der Waals surface area (Å²) < 4.78 is 33.2. The van der Waals surface area contributed by atoms with Gasteiger partial charge in [0.05, 0.1) is 0 Å². The molecule has 0 aliphatic carbocycles. The Morgan fingerprint density at radius 2 is 1.95 bits per heavy atom. The first-order valence-corrected chi connectivity index (χ1v) is 7.27. The smallest absolute Gasteiger partial charge is 0.169 e. The molecule has 0 saturated heterocycles. The van der Waals surface area contributed by atoms with Gasteiger partial charge in [0.25, 0.3) is 0 Å². The van der Waals surface area contributed by atoms with Crippen LogP contribution in [0.5, 0.6) is 0 Å². The molecule has 1 atom stereocenters. The normalized spacial score (nSPS) is 12.8. The number of nitrogens with one attached hydrogen (secondary N) is 1. The minimum absolute atomic E-state index is 0.185. The molecule has 0 saturated carbocycles. The minimum Gasteiger partial charge on any atom is -0.456 e. The molecule has 0 spiro atoms. The average Bonchev–Trinajstić information content (AvgIpc) is 2.87. The summed E-state index contributed by atoms with van der Waals surface area (Å²) in [6, 6.07) is 10.3. The Bertz CT molecular complexity index is 803. The van der Waals surface area contributed by atoms with E-state index in [1.165, 1.54) is 18.2 Å². The second-order valence-electron chi connectivity index (χ2n) is 4.57. The van der Waals surface area contributed by atoms with E-state index < -0.39 is 11.9 Å². The third-order valence-corrected chi connectivity index (χ3v) is 4.17. The molecule has 0 aliphatic heterocycles. The van der Waals surface area contributed by atoms with E-state index >= 15 is 0 Å². The summed E-state index contributed by atoms with van der Waals surface area (Å²) in [5.41, 5.74) is 3.58. The van der Waals surface area contributed by atoms with Gasteiger partial charge in [-0.3, -0.25) is 5.84 Å². The largest absolute Gasteiger partial charge is 0.456 e. The van der Waals surface area contributed by atoms with E-state index in [1.807, 2.05) is 22.6 Å². The quantitative estimate of drug-likeness (QED) is 0.399. The van der Waals surface area contributed by atoms with Gasteiger partial charge in [-0.05, 0) is 52.4 Å². The zero-order valence-corrected chi connectivity index (χ0v) is 12.9. The number of para-hydroxylation sites is 1. The van der Waals surface area contributed by atoms with E-state index in [9.17, 15) is 8.78 Å². The van der Waals surface area contributed by atoms with Crippen molar-refractivity contribution in [2.45, 2.75) is 6.04 Å². The standard InChI is InChI=1S/C15H11F2IN2O/c16-9-4-5-10(12(18)7-9)14(20-19)13-6-8-2-1-3-11(17)15(8)21-13/h1-7,14,20H,19H2. The number of nitrogens with two attached hydrogens (primary N) is 1. The fraction of sp³-hybridized carbons (Fsp3) is 0.0667. The Morgan fingerprint density at radius 3 is 2.62 bits per heavy atom. The van der Waals surface area contributed by atoms with Crippen molar-refractivity contribution in [3.63, 3.8) is 0 Å². The van der Waals surface area contributed by atoms with E-state index in [4.69, 9.17) is 10.3 Å². The van der Waals surface area contributed by atoms with Crippen LogP contribution in [0.15, 0.2) is 46.9 Å². The molecule has 3 aromatic rings. The molecule has 1 aromatic heterocycles. The van der Waals surface area contributed by atoms with Gasteiger partial charge in [-0.1, -0.05) is 18.2 Å². The van der Waals surface area contributed by atoms with Crippen LogP contribution < -0.4 is 11.3 Å². The van der Waals surface area contributed by atoms with Crippen molar-refractivity contribution in [2.24, 2.45) is 5.84 Å². The Balaban J connectivity index is 2.11. The second kappa shape index (κ2) is 5.70. The zero-order valence-electron chi connectivity index (χ0n) is 10.7. The van der Waals surface area contributed by atoms with E-state index in [1.54, 1.807) is 24.3 Å². The lowest BCUT2D eigenvalue weighted by atomic mass is 10.0. The maximum atomic E-state index is 13.7. The van der Waals surface area contributed by atoms with Gasteiger partial charge < -0.3 is 4.42 Å². The lowest BCUT2D eigenvalue weighted by molar-refractivity contribution is 0.463. The Labute approximate surface area is 133 Å². The highest BCUT2D eigenvalue weighted by atomic mass is 127. The van der Waals surface area contributed by atoms with Gasteiger partial charge in [0.15, 0.2) is 11.4 Å². The van der Waals surface area contributed by atoms with Crippen molar-refractivity contribution in [3.05, 3.63) is 69.0 Å². The molecule has 3 nitrogen and oxygen atoms in total. The van der Waals surface area contributed by atoms with Crippen LogP contribution in [0.1, 0.15) is 17.4 Å². The van der Waals surface area contributed by atoms with Crippen molar-refractivity contribution >= 4 is 33.6 Å². The SMILES string of the molecule is NNC(c1cc2cccc(F)c2o1)c1ccc(F)cc1I. The molecule has 1 heterocycles. The number of hydrogen-bond acceptors (Lipinski definition) is 3. The number of rotatable bonds is 3. The lowest BCUT2D eigenvalue weighted by Crippen LogP contribution is -2.29. The maximum absolute atomic E-state index is 13.7. The van der Waals surface area contributed by atoms with Crippen molar-refractivity contribution in [1.29, 1.82) is 0 Å². The first kappa shape index (κ1) is 14.4. The number of benzene rings is 2. The first-order valence-electron chi connectivity index (χ1n) is 6.19. The van der Waals surface area contributed by atoms with E-state index in [0.29, 0.717) is 14.7 Å². The summed E-state index contributed by atoms with van der Waals surface area (Å²) in [5, 5.41) is 0.655. The van der Waals surface area contributed by atoms with Crippen molar-refractivity contribution in [3.8, 4) is 0 Å². The number of halogens is 3. The predicted octanol–water partition coefficient (Wildman–Crippen LogP) is 3.87. The maximum Gasteiger partial charge on any atom is 0.169 e. The minimum atomic E-state index is -0.482. The van der Waals surface area contributed by atoms with E-state index in [-0.39, 0.29) is 11.4 Å². The van der Waals surface area contributed by atoms with Crippen LogP contribution >= 0.6 is 22.6 Å². The summed E-state index contributed by atoms with van der Waals surface area (Å²) in [6.07, 6.45) is 0. The predicted molar refractivity (Wildman–Crippen MR) is 84.5 cm³/mol. The van der Waals surface area contributed by atoms with Crippen molar-refractivity contribution in [2.75, 3.05) is 0 Å². The van der Waals surface area contributed by atoms with Crippen LogP contribution in [-0.2, 0) is 0 Å². The molecule has 0 aliphatic rings. The molecule has 21 heavy (non-hydrogen) atoms. The van der Waals surface area contributed by atoms with Crippen molar-refractivity contribution in [1.82, 2.24) is 5.43 Å². The van der Waals surface area contributed by atoms with E-state index in [2.05, 4.69) is 5.43 Å². The molecule has 0 radical (unpaired) electrons. The van der Waals surface area contributed by atoms with E-state index in [0.717, 1.165) is 5.56 Å². The molecule has 6 heteroatoms. The lowest BCUT2D eigenvalue weighted by Gasteiger charge is -2.15. The molecular weight excluding hydrogens is 389 g/mol. The highest BCUT2D eigenvalue weighted by molar-refractivity contribution is 14.1. The van der Waals surface area contributed by atoms with Crippen LogP contribution in [0.4, 0.5) is 8.78 Å². The van der Waals surface area contributed by atoms with Crippen LogP contribution in [0.2, 0.25) is 0 Å². The molecule has 0 amide bonds. The van der Waals surface area contributed by atoms with Crippen LogP contribution in [0.3, 0.4) is 0 Å². The van der Waals surface area contributed by atoms with Crippen LogP contribution in [0.25, 0.3) is 11.0 Å². The van der Waals surface area contributed by atoms with Crippen LogP contribution in [-0.4, -0.2) is 0 Å². The van der Waals surface area contributed by atoms with Gasteiger partial charge in [-0.15, -0.1) is 0 Å². The number of hydrogen-bond donors (Lipinski definition) is 2. The number of hydrazine groups is 1. The fourth-order valence-corrected chi connectivity index (χ4v) is 3.04. The van der Waals surface area contributed by atoms with Gasteiger partial charge in [-0.2, -0.15) is 0 Å². The molecule has 3 N–H and O–H groups in total. The summed E-state index contributed by atoms with van der Waals surface area (Å²) in [7, 11) is 0. The topological polar surface area (TPSA) is 51.2 Å². The number of fused-ring (bicyclic) bond motifs is 1. The Morgan fingerprint density at radius 1 is 1.14 bits per heavy atom. The van der Waals surface area contributed by atoms with Gasteiger partial charge in [0.1, 0.15) is 17.6 Å². The van der Waals surface area contributed by atoms with Gasteiger partial charge in [0, 0.05) is 8.96 Å². The highest BCUT2D eigenvalue weighted by Crippen LogP contribution is 2.31. The van der Waals surface area contributed by atoms with Gasteiger partial charge in [-0.25, -0.2) is 14.2 Å². The number of furan rings is 1. The molecule has 0 bridgehead atoms. The summed E-state index contributed by atoms with van der Waals surface area (Å²) in [5.74, 6) is 5.33. The summed E-state index contributed by atoms with van der Waals surface area (Å²) in [4.78, 5) is 0. The average molecular weight is 400 g/mol. The molecule has 0 fully saturated rings.